The minimum absolute atomic E-state index is 0. The summed E-state index contributed by atoms with van der Waals surface area (Å²) in [6.07, 6.45) is 1.08. The van der Waals surface area contributed by atoms with Crippen molar-refractivity contribution in [1.29, 1.82) is 0 Å². The molecular weight excluding hydrogens is 103 g/mol. The van der Waals surface area contributed by atoms with Gasteiger partial charge in [0.1, 0.15) is 0 Å². The monoisotopic (exact) mass is 108 g/mol. The second-order valence-corrected chi connectivity index (χ2v) is 1.20. The van der Waals surface area contributed by atoms with Gasteiger partial charge in [-0.1, -0.05) is 17.0 Å². The zero-order chi connectivity index (χ0) is 3.58. The van der Waals surface area contributed by atoms with Crippen LogP contribution in [-0.2, 0) is 19.1 Å². The Morgan fingerprint density at radius 2 is 1.40 bits per heavy atom. The van der Waals surface area contributed by atoms with Gasteiger partial charge in [-0.2, -0.15) is 0 Å². The normalized spacial score (nSPS) is 6.80. The molecule has 0 N–H and O–H groups in total. The summed E-state index contributed by atoms with van der Waals surface area (Å²) in [6, 6.07) is 0. The van der Waals surface area contributed by atoms with Crippen LogP contribution in [0.2, 0.25) is 0 Å². The van der Waals surface area contributed by atoms with Crippen LogP contribution >= 0.6 is 0 Å². The molecule has 0 radical (unpaired) electrons. The standard InChI is InChI=1S/CH3O2S.Al.2H/c1-4(2)3;;;/h1H3;;;/q-1;+1;;. The van der Waals surface area contributed by atoms with Crippen LogP contribution in [0, 0.1) is 0 Å². The fourth-order valence-corrected chi connectivity index (χ4v) is 0. The summed E-state index contributed by atoms with van der Waals surface area (Å²) in [5.74, 6) is 0. The molecule has 0 atom stereocenters. The summed E-state index contributed by atoms with van der Waals surface area (Å²) in [5, 5.41) is 0. The fourth-order valence-electron chi connectivity index (χ4n) is 0. The van der Waals surface area contributed by atoms with E-state index in [1.165, 1.54) is 0 Å². The molecule has 0 amide bonds. The van der Waals surface area contributed by atoms with Gasteiger partial charge in [0.25, 0.3) is 0 Å². The summed E-state index contributed by atoms with van der Waals surface area (Å²) < 4.78 is 18.0. The van der Waals surface area contributed by atoms with E-state index in [9.17, 15) is 0 Å². The van der Waals surface area contributed by atoms with E-state index in [4.69, 9.17) is 8.42 Å². The van der Waals surface area contributed by atoms with Gasteiger partial charge in [0.15, 0.2) is 0 Å². The van der Waals surface area contributed by atoms with Crippen molar-refractivity contribution in [3.8, 4) is 0 Å². The molecule has 2 nitrogen and oxygen atoms in total. The topological polar surface area (TPSA) is 34.1 Å². The molecule has 0 saturated carbocycles. The molecule has 0 aliphatic carbocycles. The molecule has 0 fully saturated rings. The molecule has 0 unspecified atom stereocenters. The van der Waals surface area contributed by atoms with E-state index in [1.54, 1.807) is 0 Å². The third kappa shape index (κ3) is 119. The molecule has 0 aromatic rings. The van der Waals surface area contributed by atoms with Crippen molar-refractivity contribution in [2.45, 2.75) is 0 Å². The minimum atomic E-state index is -1.86. The molecule has 30 valence electrons. The number of hydrogen-bond donors (Lipinski definition) is 0. The Morgan fingerprint density at radius 1 is 1.40 bits per heavy atom. The Morgan fingerprint density at radius 3 is 1.40 bits per heavy atom. The zero-order valence-electron chi connectivity index (χ0n) is 3.22. The van der Waals surface area contributed by atoms with E-state index >= 15 is 0 Å². The Balaban J connectivity index is 0. The number of rotatable bonds is 0. The van der Waals surface area contributed by atoms with E-state index < -0.39 is 10.7 Å². The molecule has 0 bridgehead atoms. The van der Waals surface area contributed by atoms with Crippen molar-refractivity contribution in [3.05, 3.63) is 0 Å². The first-order valence-corrected chi connectivity index (χ1v) is 2.22. The third-order valence-corrected chi connectivity index (χ3v) is 0. The molecule has 0 aromatic heterocycles. The molecule has 0 aliphatic heterocycles. The third-order valence-electron chi connectivity index (χ3n) is 0. The summed E-state index contributed by atoms with van der Waals surface area (Å²) in [7, 11) is -1.86. The summed E-state index contributed by atoms with van der Waals surface area (Å²) in [4.78, 5) is 0. The molecule has 0 heterocycles. The predicted molar refractivity (Wildman–Crippen MR) is 23.2 cm³/mol. The van der Waals surface area contributed by atoms with Gasteiger partial charge in [-0.25, -0.2) is 0 Å². The molecule has 4 heteroatoms. The van der Waals surface area contributed by atoms with Crippen LogP contribution in [0.25, 0.3) is 0 Å². The van der Waals surface area contributed by atoms with Gasteiger partial charge < -0.3 is 8.42 Å². The van der Waals surface area contributed by atoms with Crippen LogP contribution in [0.5, 0.6) is 0 Å². The molecular formula is CH5AlO2S. The molecule has 0 rings (SSSR count). The summed E-state index contributed by atoms with van der Waals surface area (Å²) in [5.41, 5.74) is 0. The average molecular weight is 108 g/mol. The average Bonchev–Trinajstić information content (AvgIpc) is 0.811. The molecule has 0 saturated heterocycles. The van der Waals surface area contributed by atoms with Crippen molar-refractivity contribution in [3.63, 3.8) is 0 Å². The zero-order valence-corrected chi connectivity index (χ0v) is 6.04. The van der Waals surface area contributed by atoms with E-state index in [1.807, 2.05) is 0 Å². The van der Waals surface area contributed by atoms with Gasteiger partial charge >= 0.3 is 17.4 Å². The van der Waals surface area contributed by atoms with Crippen LogP contribution in [0.4, 0.5) is 0 Å². The van der Waals surface area contributed by atoms with E-state index in [2.05, 4.69) is 0 Å². The fraction of sp³-hybridized carbons (Fsp3) is 1.00. The van der Waals surface area contributed by atoms with Crippen LogP contribution in [0.3, 0.4) is 0 Å². The van der Waals surface area contributed by atoms with Crippen LogP contribution < -0.4 is 0 Å². The second-order valence-electron chi connectivity index (χ2n) is 0.401. The maximum atomic E-state index is 9.00. The van der Waals surface area contributed by atoms with Crippen molar-refractivity contribution in [1.82, 2.24) is 0 Å². The molecule has 0 spiro atoms. The quantitative estimate of drug-likeness (QED) is 0.295. The first-order chi connectivity index (χ1) is 1.73. The number of hydrogen-bond acceptors (Lipinski definition) is 3. The van der Waals surface area contributed by atoms with Gasteiger partial charge in [-0.05, 0) is 0 Å². The predicted octanol–water partition coefficient (Wildman–Crippen LogP) is -0.991. The Bertz CT molecular complexity index is 58.0. The SMILES string of the molecule is C[S-](=O)=O.[AlH2+]. The van der Waals surface area contributed by atoms with Gasteiger partial charge in [-0.3, -0.25) is 0 Å². The first kappa shape index (κ1) is 9.08. The van der Waals surface area contributed by atoms with Gasteiger partial charge in [0.05, 0.1) is 0 Å². The Labute approximate surface area is 43.3 Å². The molecule has 0 aliphatic rings. The molecule has 5 heavy (non-hydrogen) atoms. The second kappa shape index (κ2) is 4.48. The summed E-state index contributed by atoms with van der Waals surface area (Å²) >= 11 is 0. The van der Waals surface area contributed by atoms with Gasteiger partial charge in [0, 0.05) is 0 Å². The first-order valence-electron chi connectivity index (χ1n) is 0.742. The van der Waals surface area contributed by atoms with Crippen molar-refractivity contribution in [2.75, 3.05) is 6.26 Å². The van der Waals surface area contributed by atoms with E-state index in [-0.39, 0.29) is 17.4 Å². The maximum absolute atomic E-state index is 9.00. The Hall–Kier alpha value is 0.482. The van der Waals surface area contributed by atoms with Gasteiger partial charge in [-0.15, -0.1) is 0 Å². The van der Waals surface area contributed by atoms with E-state index in [0.29, 0.717) is 0 Å². The summed E-state index contributed by atoms with van der Waals surface area (Å²) in [6.45, 7) is 0. The van der Waals surface area contributed by atoms with Crippen molar-refractivity contribution >= 4 is 28.1 Å². The van der Waals surface area contributed by atoms with Gasteiger partial charge in [0.2, 0.25) is 0 Å². The Kier molecular flexibility index (Phi) is 8.14. The van der Waals surface area contributed by atoms with Crippen LogP contribution in [0.15, 0.2) is 0 Å². The van der Waals surface area contributed by atoms with Crippen molar-refractivity contribution < 1.29 is 8.42 Å². The van der Waals surface area contributed by atoms with Crippen LogP contribution in [-0.4, -0.2) is 23.6 Å². The molecule has 0 aromatic carbocycles. The van der Waals surface area contributed by atoms with E-state index in [0.717, 1.165) is 6.26 Å². The van der Waals surface area contributed by atoms with Crippen LogP contribution in [0.1, 0.15) is 0 Å². The van der Waals surface area contributed by atoms with Crippen molar-refractivity contribution in [2.24, 2.45) is 0 Å².